The summed E-state index contributed by atoms with van der Waals surface area (Å²) in [6.45, 7) is 7.03. The third-order valence-corrected chi connectivity index (χ3v) is 3.85. The Morgan fingerprint density at radius 3 is 2.74 bits per heavy atom. The maximum atomic E-state index is 12.2. The van der Waals surface area contributed by atoms with E-state index in [-0.39, 0.29) is 5.91 Å². The minimum Gasteiger partial charge on any atom is -0.398 e. The minimum atomic E-state index is -0.0679. The van der Waals surface area contributed by atoms with Crippen LogP contribution in [0, 0.1) is 6.92 Å². The molecule has 2 rings (SSSR count). The van der Waals surface area contributed by atoms with E-state index < -0.39 is 0 Å². The summed E-state index contributed by atoms with van der Waals surface area (Å²) in [5.41, 5.74) is 7.96. The summed E-state index contributed by atoms with van der Waals surface area (Å²) < 4.78 is 0. The number of aryl methyl sites for hydroxylation is 1. The van der Waals surface area contributed by atoms with Crippen LogP contribution in [0.15, 0.2) is 18.2 Å². The van der Waals surface area contributed by atoms with E-state index in [0.717, 1.165) is 18.7 Å². The maximum Gasteiger partial charge on any atom is 0.253 e. The van der Waals surface area contributed by atoms with Crippen LogP contribution in [-0.2, 0) is 0 Å². The van der Waals surface area contributed by atoms with Crippen LogP contribution in [0.2, 0.25) is 0 Å². The highest BCUT2D eigenvalue weighted by Crippen LogP contribution is 2.16. The van der Waals surface area contributed by atoms with Crippen molar-refractivity contribution in [2.45, 2.75) is 32.7 Å². The fourth-order valence-corrected chi connectivity index (χ4v) is 2.64. The van der Waals surface area contributed by atoms with E-state index in [9.17, 15) is 4.79 Å². The number of nitrogens with two attached hydrogens (primary N) is 1. The van der Waals surface area contributed by atoms with Gasteiger partial charge in [0.2, 0.25) is 0 Å². The fraction of sp³-hybridized carbons (Fsp3) is 0.533. The first kappa shape index (κ1) is 13.9. The third-order valence-electron chi connectivity index (χ3n) is 3.85. The molecule has 1 aliphatic rings. The van der Waals surface area contributed by atoms with Crippen molar-refractivity contribution in [3.63, 3.8) is 0 Å². The first-order chi connectivity index (χ1) is 9.09. The van der Waals surface area contributed by atoms with E-state index >= 15 is 0 Å². The Morgan fingerprint density at radius 1 is 1.42 bits per heavy atom. The van der Waals surface area contributed by atoms with Crippen molar-refractivity contribution in [2.24, 2.45) is 0 Å². The monoisotopic (exact) mass is 261 g/mol. The number of rotatable bonds is 4. The Hall–Kier alpha value is -1.55. The van der Waals surface area contributed by atoms with E-state index in [4.69, 9.17) is 5.73 Å². The Morgan fingerprint density at radius 2 is 2.11 bits per heavy atom. The molecule has 0 aliphatic carbocycles. The first-order valence-electron chi connectivity index (χ1n) is 6.97. The number of likely N-dealkylation sites (tertiary alicyclic amines) is 1. The molecule has 1 aromatic rings. The molecule has 0 bridgehead atoms. The van der Waals surface area contributed by atoms with Gasteiger partial charge in [-0.05, 0) is 51.4 Å². The van der Waals surface area contributed by atoms with Gasteiger partial charge in [-0.1, -0.05) is 12.1 Å². The zero-order chi connectivity index (χ0) is 13.8. The van der Waals surface area contributed by atoms with Gasteiger partial charge < -0.3 is 11.1 Å². The average Bonchev–Trinajstić information content (AvgIpc) is 2.89. The number of nitrogens with zero attached hydrogens (tertiary/aromatic N) is 1. The number of anilines is 1. The van der Waals surface area contributed by atoms with Crippen LogP contribution < -0.4 is 11.1 Å². The fourth-order valence-electron chi connectivity index (χ4n) is 2.64. The highest BCUT2D eigenvalue weighted by molar-refractivity contribution is 6.00. The summed E-state index contributed by atoms with van der Waals surface area (Å²) in [7, 11) is 0. The molecule has 1 aromatic carbocycles. The van der Waals surface area contributed by atoms with Gasteiger partial charge in [-0.2, -0.15) is 0 Å². The van der Waals surface area contributed by atoms with Crippen molar-refractivity contribution in [2.75, 3.05) is 25.4 Å². The molecule has 1 aliphatic heterocycles. The molecule has 1 saturated heterocycles. The Balaban J connectivity index is 1.94. The molecule has 1 unspecified atom stereocenters. The van der Waals surface area contributed by atoms with E-state index in [1.54, 1.807) is 6.07 Å². The molecular formula is C15H23N3O. The van der Waals surface area contributed by atoms with Crippen LogP contribution in [0.4, 0.5) is 5.69 Å². The van der Waals surface area contributed by atoms with Crippen LogP contribution in [0.1, 0.15) is 35.7 Å². The molecule has 104 valence electrons. The van der Waals surface area contributed by atoms with Gasteiger partial charge in [-0.15, -0.1) is 0 Å². The van der Waals surface area contributed by atoms with E-state index in [2.05, 4.69) is 17.1 Å². The normalized spacial score (nSPS) is 17.4. The lowest BCUT2D eigenvalue weighted by molar-refractivity contribution is 0.0940. The topological polar surface area (TPSA) is 58.4 Å². The van der Waals surface area contributed by atoms with Gasteiger partial charge in [0.1, 0.15) is 0 Å². The van der Waals surface area contributed by atoms with Crippen molar-refractivity contribution in [1.82, 2.24) is 10.2 Å². The number of nitrogens with one attached hydrogen (secondary N) is 1. The van der Waals surface area contributed by atoms with E-state index in [0.29, 0.717) is 23.8 Å². The Kier molecular flexibility index (Phi) is 4.43. The lowest BCUT2D eigenvalue weighted by atomic mass is 10.1. The summed E-state index contributed by atoms with van der Waals surface area (Å²) in [4.78, 5) is 14.6. The highest BCUT2D eigenvalue weighted by Gasteiger charge is 2.19. The maximum absolute atomic E-state index is 12.2. The summed E-state index contributed by atoms with van der Waals surface area (Å²) >= 11 is 0. The molecule has 3 N–H and O–H groups in total. The van der Waals surface area contributed by atoms with Crippen LogP contribution in [0.5, 0.6) is 0 Å². The number of carbonyl (C=O) groups is 1. The van der Waals surface area contributed by atoms with Crippen LogP contribution in [0.25, 0.3) is 0 Å². The zero-order valence-corrected chi connectivity index (χ0v) is 11.8. The number of benzene rings is 1. The molecule has 4 nitrogen and oxygen atoms in total. The van der Waals surface area contributed by atoms with E-state index in [1.165, 1.54) is 12.8 Å². The number of amides is 1. The smallest absolute Gasteiger partial charge is 0.253 e. The molecule has 1 atom stereocenters. The van der Waals surface area contributed by atoms with Gasteiger partial charge in [-0.3, -0.25) is 9.69 Å². The van der Waals surface area contributed by atoms with Crippen molar-refractivity contribution >= 4 is 11.6 Å². The van der Waals surface area contributed by atoms with Crippen molar-refractivity contribution < 1.29 is 4.79 Å². The van der Waals surface area contributed by atoms with Gasteiger partial charge in [0.05, 0.1) is 5.56 Å². The van der Waals surface area contributed by atoms with Gasteiger partial charge in [0.25, 0.3) is 5.91 Å². The molecule has 0 radical (unpaired) electrons. The average molecular weight is 261 g/mol. The largest absolute Gasteiger partial charge is 0.398 e. The van der Waals surface area contributed by atoms with Gasteiger partial charge in [-0.25, -0.2) is 0 Å². The second-order valence-electron chi connectivity index (χ2n) is 5.34. The number of nitrogen functional groups attached to an aromatic ring is 1. The lowest BCUT2D eigenvalue weighted by Crippen LogP contribution is -2.41. The second-order valence-corrected chi connectivity index (χ2v) is 5.34. The minimum absolute atomic E-state index is 0.0679. The molecule has 0 aromatic heterocycles. The van der Waals surface area contributed by atoms with Crippen LogP contribution in [-0.4, -0.2) is 36.5 Å². The predicted molar refractivity (Wildman–Crippen MR) is 78.2 cm³/mol. The standard InChI is InChI=1S/C15H23N3O/c1-11-6-5-7-13(16)14(11)15(19)17-10-12(2)18-8-3-4-9-18/h5-7,12H,3-4,8-10,16H2,1-2H3,(H,17,19). The van der Waals surface area contributed by atoms with Gasteiger partial charge in [0.15, 0.2) is 0 Å². The van der Waals surface area contributed by atoms with Crippen LogP contribution in [0.3, 0.4) is 0 Å². The highest BCUT2D eigenvalue weighted by atomic mass is 16.1. The number of carbonyl (C=O) groups excluding carboxylic acids is 1. The molecular weight excluding hydrogens is 238 g/mol. The molecule has 4 heteroatoms. The summed E-state index contributed by atoms with van der Waals surface area (Å²) in [6.07, 6.45) is 2.53. The molecule has 1 heterocycles. The third kappa shape index (κ3) is 3.26. The molecule has 19 heavy (non-hydrogen) atoms. The van der Waals surface area contributed by atoms with Crippen molar-refractivity contribution in [3.05, 3.63) is 29.3 Å². The first-order valence-corrected chi connectivity index (χ1v) is 6.97. The van der Waals surface area contributed by atoms with Crippen LogP contribution >= 0.6 is 0 Å². The summed E-state index contributed by atoms with van der Waals surface area (Å²) in [5, 5.41) is 3.00. The lowest BCUT2D eigenvalue weighted by Gasteiger charge is -2.24. The zero-order valence-electron chi connectivity index (χ0n) is 11.8. The molecule has 0 saturated carbocycles. The molecule has 1 amide bonds. The second kappa shape index (κ2) is 6.06. The predicted octanol–water partition coefficient (Wildman–Crippen LogP) is 1.79. The van der Waals surface area contributed by atoms with Gasteiger partial charge >= 0.3 is 0 Å². The summed E-state index contributed by atoms with van der Waals surface area (Å²) in [6, 6.07) is 5.94. The molecule has 0 spiro atoms. The van der Waals surface area contributed by atoms with Gasteiger partial charge in [0, 0.05) is 18.3 Å². The van der Waals surface area contributed by atoms with E-state index in [1.807, 2.05) is 19.1 Å². The van der Waals surface area contributed by atoms with Crippen molar-refractivity contribution in [3.8, 4) is 0 Å². The van der Waals surface area contributed by atoms with Crippen molar-refractivity contribution in [1.29, 1.82) is 0 Å². The Bertz CT molecular complexity index is 432. The quantitative estimate of drug-likeness (QED) is 0.812. The molecule has 1 fully saturated rings. The SMILES string of the molecule is Cc1cccc(N)c1C(=O)NCC(C)N1CCCC1. The number of hydrogen-bond donors (Lipinski definition) is 2. The number of hydrogen-bond acceptors (Lipinski definition) is 3. The Labute approximate surface area is 115 Å². The summed E-state index contributed by atoms with van der Waals surface area (Å²) in [5.74, 6) is -0.0679.